The molecule has 1 aromatic carbocycles. The van der Waals surface area contributed by atoms with Gasteiger partial charge in [-0.15, -0.1) is 0 Å². The number of carbonyl (C=O) groups is 1. The van der Waals surface area contributed by atoms with E-state index < -0.39 is 11.9 Å². The van der Waals surface area contributed by atoms with E-state index in [0.717, 1.165) is 29.5 Å². The van der Waals surface area contributed by atoms with Crippen LogP contribution in [0.15, 0.2) is 18.2 Å². The summed E-state index contributed by atoms with van der Waals surface area (Å²) in [5, 5.41) is 19.4. The lowest BCUT2D eigenvalue weighted by Gasteiger charge is -2.21. The molecule has 1 atom stereocenters. The van der Waals surface area contributed by atoms with Crippen molar-refractivity contribution in [2.75, 3.05) is 6.61 Å². The third-order valence-corrected chi connectivity index (χ3v) is 4.05. The Hall–Kier alpha value is -1.88. The maximum absolute atomic E-state index is 13.5. The SMILES string of the molecule is O=C(O)C1CCCc2c1c1ccc(F)cc1n2CCO. The summed E-state index contributed by atoms with van der Waals surface area (Å²) in [7, 11) is 0. The van der Waals surface area contributed by atoms with Gasteiger partial charge in [-0.3, -0.25) is 4.79 Å². The van der Waals surface area contributed by atoms with Gasteiger partial charge in [0.25, 0.3) is 0 Å². The van der Waals surface area contributed by atoms with E-state index in [4.69, 9.17) is 0 Å². The number of nitrogens with zero attached hydrogens (tertiary/aromatic N) is 1. The highest BCUT2D eigenvalue weighted by molar-refractivity contribution is 5.91. The summed E-state index contributed by atoms with van der Waals surface area (Å²) >= 11 is 0. The van der Waals surface area contributed by atoms with Crippen molar-refractivity contribution in [3.63, 3.8) is 0 Å². The van der Waals surface area contributed by atoms with Gasteiger partial charge in [-0.1, -0.05) is 0 Å². The Kier molecular flexibility index (Phi) is 3.22. The van der Waals surface area contributed by atoms with Crippen LogP contribution in [0.1, 0.15) is 30.0 Å². The predicted octanol–water partition coefficient (Wildman–Crippen LogP) is 2.28. The monoisotopic (exact) mass is 277 g/mol. The molecule has 3 rings (SSSR count). The molecule has 106 valence electrons. The number of carboxylic acids is 1. The van der Waals surface area contributed by atoms with Crippen LogP contribution in [0.5, 0.6) is 0 Å². The molecule has 1 unspecified atom stereocenters. The maximum Gasteiger partial charge on any atom is 0.311 e. The first-order chi connectivity index (χ1) is 9.63. The summed E-state index contributed by atoms with van der Waals surface area (Å²) in [6.07, 6.45) is 2.18. The molecule has 1 aliphatic rings. The van der Waals surface area contributed by atoms with Crippen molar-refractivity contribution in [2.24, 2.45) is 0 Å². The Balaban J connectivity index is 2.31. The van der Waals surface area contributed by atoms with Gasteiger partial charge < -0.3 is 14.8 Å². The fourth-order valence-electron chi connectivity index (χ4n) is 3.28. The molecule has 20 heavy (non-hydrogen) atoms. The van der Waals surface area contributed by atoms with E-state index in [1.54, 1.807) is 6.07 Å². The Labute approximate surface area is 115 Å². The van der Waals surface area contributed by atoms with Gasteiger partial charge in [-0.2, -0.15) is 0 Å². The zero-order valence-electron chi connectivity index (χ0n) is 11.0. The summed E-state index contributed by atoms with van der Waals surface area (Å²) in [4.78, 5) is 11.5. The molecule has 1 aliphatic carbocycles. The third-order valence-electron chi connectivity index (χ3n) is 4.05. The van der Waals surface area contributed by atoms with Crippen LogP contribution in [0.2, 0.25) is 0 Å². The zero-order chi connectivity index (χ0) is 14.3. The number of benzene rings is 1. The van der Waals surface area contributed by atoms with E-state index in [2.05, 4.69) is 0 Å². The highest BCUT2D eigenvalue weighted by Gasteiger charge is 2.31. The molecule has 0 radical (unpaired) electrons. The third kappa shape index (κ3) is 1.89. The van der Waals surface area contributed by atoms with E-state index in [9.17, 15) is 19.4 Å². The molecule has 2 N–H and O–H groups in total. The predicted molar refractivity (Wildman–Crippen MR) is 72.3 cm³/mol. The quantitative estimate of drug-likeness (QED) is 0.904. The second-order valence-electron chi connectivity index (χ2n) is 5.18. The van der Waals surface area contributed by atoms with Gasteiger partial charge in [0.05, 0.1) is 18.0 Å². The molecular formula is C15H16FNO3. The van der Waals surface area contributed by atoms with Crippen LogP contribution in [-0.2, 0) is 17.8 Å². The molecule has 1 aromatic heterocycles. The zero-order valence-corrected chi connectivity index (χ0v) is 11.0. The van der Waals surface area contributed by atoms with Crippen molar-refractivity contribution < 1.29 is 19.4 Å². The number of hydrogen-bond acceptors (Lipinski definition) is 2. The fraction of sp³-hybridized carbons (Fsp3) is 0.400. The van der Waals surface area contributed by atoms with Crippen molar-refractivity contribution in [2.45, 2.75) is 31.7 Å². The van der Waals surface area contributed by atoms with Crippen LogP contribution >= 0.6 is 0 Å². The molecular weight excluding hydrogens is 261 g/mol. The summed E-state index contributed by atoms with van der Waals surface area (Å²) in [5.74, 6) is -1.72. The lowest BCUT2D eigenvalue weighted by Crippen LogP contribution is -2.19. The summed E-state index contributed by atoms with van der Waals surface area (Å²) in [6.45, 7) is 0.312. The minimum atomic E-state index is -0.835. The van der Waals surface area contributed by atoms with Crippen molar-refractivity contribution in [1.29, 1.82) is 0 Å². The van der Waals surface area contributed by atoms with Crippen LogP contribution in [-0.4, -0.2) is 27.4 Å². The molecule has 0 saturated heterocycles. The van der Waals surface area contributed by atoms with E-state index in [0.29, 0.717) is 18.5 Å². The van der Waals surface area contributed by atoms with Crippen molar-refractivity contribution in [1.82, 2.24) is 4.57 Å². The lowest BCUT2D eigenvalue weighted by atomic mass is 9.85. The molecule has 1 heterocycles. The van der Waals surface area contributed by atoms with Gasteiger partial charge in [0.1, 0.15) is 5.82 Å². The second kappa shape index (κ2) is 4.90. The van der Waals surface area contributed by atoms with Gasteiger partial charge in [0, 0.05) is 17.6 Å². The van der Waals surface area contributed by atoms with E-state index in [1.807, 2.05) is 4.57 Å². The average Bonchev–Trinajstić information content (AvgIpc) is 2.73. The smallest absolute Gasteiger partial charge is 0.311 e. The van der Waals surface area contributed by atoms with Crippen LogP contribution in [0, 0.1) is 5.82 Å². The fourth-order valence-corrected chi connectivity index (χ4v) is 3.28. The van der Waals surface area contributed by atoms with Gasteiger partial charge in [0.2, 0.25) is 0 Å². The topological polar surface area (TPSA) is 62.5 Å². The van der Waals surface area contributed by atoms with Gasteiger partial charge in [0.15, 0.2) is 0 Å². The molecule has 4 nitrogen and oxygen atoms in total. The number of rotatable bonds is 3. The van der Waals surface area contributed by atoms with Crippen molar-refractivity contribution in [3.05, 3.63) is 35.3 Å². The van der Waals surface area contributed by atoms with Crippen molar-refractivity contribution >= 4 is 16.9 Å². The normalized spacial score (nSPS) is 18.2. The first-order valence-corrected chi connectivity index (χ1v) is 6.77. The average molecular weight is 277 g/mol. The number of aromatic nitrogens is 1. The number of aliphatic carboxylic acids is 1. The number of fused-ring (bicyclic) bond motifs is 3. The largest absolute Gasteiger partial charge is 0.481 e. The first kappa shape index (κ1) is 13.1. The number of aliphatic hydroxyl groups excluding tert-OH is 1. The number of carboxylic acid groups (broad SMARTS) is 1. The second-order valence-corrected chi connectivity index (χ2v) is 5.18. The summed E-state index contributed by atoms with van der Waals surface area (Å²) in [6, 6.07) is 4.43. The van der Waals surface area contributed by atoms with Crippen LogP contribution < -0.4 is 0 Å². The minimum Gasteiger partial charge on any atom is -0.481 e. The first-order valence-electron chi connectivity index (χ1n) is 6.77. The molecule has 0 aliphatic heterocycles. The molecule has 0 bridgehead atoms. The van der Waals surface area contributed by atoms with Gasteiger partial charge in [-0.25, -0.2) is 4.39 Å². The van der Waals surface area contributed by atoms with E-state index >= 15 is 0 Å². The highest BCUT2D eigenvalue weighted by Crippen LogP contribution is 2.39. The molecule has 0 saturated carbocycles. The number of halogens is 1. The Morgan fingerprint density at radius 3 is 2.95 bits per heavy atom. The Morgan fingerprint density at radius 1 is 1.45 bits per heavy atom. The number of hydrogen-bond donors (Lipinski definition) is 2. The van der Waals surface area contributed by atoms with Gasteiger partial charge in [-0.05, 0) is 43.0 Å². The molecule has 0 fully saturated rings. The minimum absolute atomic E-state index is 0.0511. The summed E-state index contributed by atoms with van der Waals surface area (Å²) in [5.41, 5.74) is 2.41. The molecule has 0 spiro atoms. The van der Waals surface area contributed by atoms with E-state index in [1.165, 1.54) is 12.1 Å². The summed E-state index contributed by atoms with van der Waals surface area (Å²) < 4.78 is 15.3. The van der Waals surface area contributed by atoms with E-state index in [-0.39, 0.29) is 12.4 Å². The molecule has 5 heteroatoms. The van der Waals surface area contributed by atoms with Crippen LogP contribution in [0.4, 0.5) is 4.39 Å². The van der Waals surface area contributed by atoms with Crippen LogP contribution in [0.3, 0.4) is 0 Å². The number of aliphatic hydroxyl groups is 1. The Bertz CT molecular complexity index is 677. The maximum atomic E-state index is 13.5. The highest BCUT2D eigenvalue weighted by atomic mass is 19.1. The standard InChI is InChI=1S/C15H16FNO3/c16-9-4-5-10-13(8-9)17(6-7-18)12-3-1-2-11(14(10)12)15(19)20/h4-5,8,11,18H,1-3,6-7H2,(H,19,20). The Morgan fingerprint density at radius 2 is 2.25 bits per heavy atom. The molecule has 2 aromatic rings. The lowest BCUT2D eigenvalue weighted by molar-refractivity contribution is -0.139. The van der Waals surface area contributed by atoms with Crippen molar-refractivity contribution in [3.8, 4) is 0 Å². The molecule has 0 amide bonds. The van der Waals surface area contributed by atoms with Crippen LogP contribution in [0.25, 0.3) is 10.9 Å². The van der Waals surface area contributed by atoms with Gasteiger partial charge >= 0.3 is 5.97 Å².